The van der Waals surface area contributed by atoms with E-state index in [1.165, 1.54) is 72.0 Å². The Labute approximate surface area is 258 Å². The minimum Gasteiger partial charge on any atom is -0.309 e. The van der Waals surface area contributed by atoms with Gasteiger partial charge < -0.3 is 4.57 Å². The molecule has 0 fully saturated rings. The van der Waals surface area contributed by atoms with Crippen LogP contribution in [0, 0.1) is 0 Å². The van der Waals surface area contributed by atoms with E-state index < -0.39 is 0 Å². The number of hydrogen-bond donors (Lipinski definition) is 0. The van der Waals surface area contributed by atoms with E-state index in [2.05, 4.69) is 180 Å². The number of fused-ring (bicyclic) bond motifs is 3. The zero-order valence-electron chi connectivity index (χ0n) is 24.4. The van der Waals surface area contributed by atoms with Gasteiger partial charge in [0.15, 0.2) is 0 Å². The van der Waals surface area contributed by atoms with Crippen LogP contribution in [0.25, 0.3) is 60.9 Å². The van der Waals surface area contributed by atoms with Gasteiger partial charge in [-0.15, -0.1) is 0 Å². The molecular formula is C43H31N. The third-order valence-electron chi connectivity index (χ3n) is 8.66. The highest BCUT2D eigenvalue weighted by atomic mass is 15.0. The molecule has 208 valence electrons. The Bertz CT molecular complexity index is 2190. The highest BCUT2D eigenvalue weighted by molar-refractivity contribution is 6.15. The molecule has 44 heavy (non-hydrogen) atoms. The summed E-state index contributed by atoms with van der Waals surface area (Å²) in [5, 5.41) is 2.57. The van der Waals surface area contributed by atoms with Gasteiger partial charge in [0.25, 0.3) is 0 Å². The molecular weight excluding hydrogens is 530 g/mol. The Morgan fingerprint density at radius 1 is 0.341 bits per heavy atom. The van der Waals surface area contributed by atoms with Crippen LogP contribution in [0.1, 0.15) is 11.1 Å². The molecule has 8 rings (SSSR count). The minimum atomic E-state index is 0.925. The van der Waals surface area contributed by atoms with Gasteiger partial charge in [0.05, 0.1) is 11.0 Å². The van der Waals surface area contributed by atoms with Gasteiger partial charge in [-0.3, -0.25) is 0 Å². The van der Waals surface area contributed by atoms with Gasteiger partial charge in [-0.1, -0.05) is 152 Å². The van der Waals surface area contributed by atoms with Crippen LogP contribution in [0.3, 0.4) is 0 Å². The number of nitrogens with zero attached hydrogens (tertiary/aromatic N) is 1. The van der Waals surface area contributed by atoms with Crippen LogP contribution in [0.4, 0.5) is 0 Å². The van der Waals surface area contributed by atoms with Gasteiger partial charge in [0.2, 0.25) is 0 Å². The monoisotopic (exact) mass is 561 g/mol. The Kier molecular flexibility index (Phi) is 6.62. The maximum absolute atomic E-state index is 2.38. The van der Waals surface area contributed by atoms with E-state index >= 15 is 0 Å². The highest BCUT2D eigenvalue weighted by Crippen LogP contribution is 2.38. The van der Waals surface area contributed by atoms with E-state index in [9.17, 15) is 0 Å². The van der Waals surface area contributed by atoms with E-state index in [1.54, 1.807) is 0 Å². The first-order valence-electron chi connectivity index (χ1n) is 15.2. The SMILES string of the molecule is c1ccc(-c2ccc(Cc3ccc(-c4ccc(-c5cccc6c5c5ccccc5n6-c5ccccc5)cc4)cc3)cc2)cc1. The lowest BCUT2D eigenvalue weighted by molar-refractivity contribution is 1.18. The molecule has 0 radical (unpaired) electrons. The van der Waals surface area contributed by atoms with Gasteiger partial charge in [-0.25, -0.2) is 0 Å². The first-order chi connectivity index (χ1) is 21.8. The molecule has 1 aromatic heterocycles. The van der Waals surface area contributed by atoms with Crippen LogP contribution in [0.2, 0.25) is 0 Å². The molecule has 0 saturated heterocycles. The predicted molar refractivity (Wildman–Crippen MR) is 186 cm³/mol. The molecule has 1 heterocycles. The number of hydrogen-bond acceptors (Lipinski definition) is 0. The molecule has 0 saturated carbocycles. The van der Waals surface area contributed by atoms with Crippen molar-refractivity contribution in [2.24, 2.45) is 0 Å². The molecule has 1 nitrogen and oxygen atoms in total. The van der Waals surface area contributed by atoms with Crippen molar-refractivity contribution < 1.29 is 0 Å². The minimum absolute atomic E-state index is 0.925. The van der Waals surface area contributed by atoms with Crippen molar-refractivity contribution in [2.45, 2.75) is 6.42 Å². The molecule has 0 aliphatic rings. The number of aromatic nitrogens is 1. The third-order valence-corrected chi connectivity index (χ3v) is 8.66. The highest BCUT2D eigenvalue weighted by Gasteiger charge is 2.15. The fourth-order valence-electron chi connectivity index (χ4n) is 6.45. The van der Waals surface area contributed by atoms with Crippen molar-refractivity contribution in [3.05, 3.63) is 187 Å². The van der Waals surface area contributed by atoms with Crippen molar-refractivity contribution in [3.8, 4) is 39.1 Å². The molecule has 1 heteroatoms. The Hall–Kier alpha value is -5.66. The quantitative estimate of drug-likeness (QED) is 0.190. The van der Waals surface area contributed by atoms with Crippen LogP contribution >= 0.6 is 0 Å². The summed E-state index contributed by atoms with van der Waals surface area (Å²) >= 11 is 0. The molecule has 0 unspecified atom stereocenters. The third kappa shape index (κ3) is 4.79. The summed E-state index contributed by atoms with van der Waals surface area (Å²) in [5.41, 5.74) is 13.7. The average molecular weight is 562 g/mol. The van der Waals surface area contributed by atoms with E-state index in [-0.39, 0.29) is 0 Å². The fraction of sp³-hybridized carbons (Fsp3) is 0.0233. The van der Waals surface area contributed by atoms with Crippen LogP contribution in [0.15, 0.2) is 176 Å². The molecule has 0 atom stereocenters. The molecule has 8 aromatic rings. The molecule has 0 bridgehead atoms. The Balaban J connectivity index is 1.07. The standard InChI is InChI=1S/C43H31N/c1-3-10-33(11-4-1)34-22-18-31(19-23-34)30-32-20-24-35(25-21-32)36-26-28-37(29-27-36)39-15-9-17-42-43(39)40-14-7-8-16-41(40)44(42)38-12-5-2-6-13-38/h1-29H,30H2. The zero-order chi connectivity index (χ0) is 29.3. The lowest BCUT2D eigenvalue weighted by Crippen LogP contribution is -1.92. The van der Waals surface area contributed by atoms with Gasteiger partial charge in [-0.05, 0) is 75.2 Å². The Morgan fingerprint density at radius 3 is 1.45 bits per heavy atom. The van der Waals surface area contributed by atoms with Gasteiger partial charge in [0.1, 0.15) is 0 Å². The van der Waals surface area contributed by atoms with E-state index in [4.69, 9.17) is 0 Å². The van der Waals surface area contributed by atoms with Crippen molar-refractivity contribution in [2.75, 3.05) is 0 Å². The molecule has 0 aliphatic heterocycles. The van der Waals surface area contributed by atoms with Gasteiger partial charge in [0, 0.05) is 16.5 Å². The van der Waals surface area contributed by atoms with Crippen LogP contribution in [-0.4, -0.2) is 4.57 Å². The lowest BCUT2D eigenvalue weighted by Gasteiger charge is -2.10. The van der Waals surface area contributed by atoms with Crippen LogP contribution in [-0.2, 0) is 6.42 Å². The summed E-state index contributed by atoms with van der Waals surface area (Å²) in [6.45, 7) is 0. The average Bonchev–Trinajstić information content (AvgIpc) is 3.44. The second kappa shape index (κ2) is 11.2. The van der Waals surface area contributed by atoms with E-state index in [0.29, 0.717) is 0 Å². The van der Waals surface area contributed by atoms with Crippen molar-refractivity contribution in [1.29, 1.82) is 0 Å². The summed E-state index contributed by atoms with van der Waals surface area (Å²) in [7, 11) is 0. The van der Waals surface area contributed by atoms with E-state index in [0.717, 1.165) is 6.42 Å². The maximum atomic E-state index is 2.38. The normalized spacial score (nSPS) is 11.3. The Morgan fingerprint density at radius 2 is 0.818 bits per heavy atom. The predicted octanol–water partition coefficient (Wildman–Crippen LogP) is 11.4. The summed E-state index contributed by atoms with van der Waals surface area (Å²) in [6, 6.07) is 63.6. The lowest BCUT2D eigenvalue weighted by atomic mass is 9.96. The molecule has 0 amide bonds. The zero-order valence-corrected chi connectivity index (χ0v) is 24.4. The fourth-order valence-corrected chi connectivity index (χ4v) is 6.45. The van der Waals surface area contributed by atoms with Crippen molar-refractivity contribution in [3.63, 3.8) is 0 Å². The smallest absolute Gasteiger partial charge is 0.0547 e. The summed E-state index contributed by atoms with van der Waals surface area (Å²) < 4.78 is 2.38. The second-order valence-corrected chi connectivity index (χ2v) is 11.4. The van der Waals surface area contributed by atoms with Crippen LogP contribution < -0.4 is 0 Å². The van der Waals surface area contributed by atoms with Gasteiger partial charge >= 0.3 is 0 Å². The molecule has 7 aromatic carbocycles. The molecule has 0 aliphatic carbocycles. The second-order valence-electron chi connectivity index (χ2n) is 11.4. The summed E-state index contributed by atoms with van der Waals surface area (Å²) in [5.74, 6) is 0. The first-order valence-corrected chi connectivity index (χ1v) is 15.2. The van der Waals surface area contributed by atoms with Crippen LogP contribution in [0.5, 0.6) is 0 Å². The topological polar surface area (TPSA) is 4.93 Å². The molecule has 0 N–H and O–H groups in total. The van der Waals surface area contributed by atoms with Crippen molar-refractivity contribution in [1.82, 2.24) is 4.57 Å². The largest absolute Gasteiger partial charge is 0.309 e. The summed E-state index contributed by atoms with van der Waals surface area (Å²) in [6.07, 6.45) is 0.925. The first kappa shape index (κ1) is 26.0. The summed E-state index contributed by atoms with van der Waals surface area (Å²) in [4.78, 5) is 0. The maximum Gasteiger partial charge on any atom is 0.0547 e. The van der Waals surface area contributed by atoms with Crippen molar-refractivity contribution >= 4 is 21.8 Å². The molecule has 0 spiro atoms. The number of benzene rings is 7. The number of rotatable bonds is 6. The van der Waals surface area contributed by atoms with E-state index in [1.807, 2.05) is 0 Å². The van der Waals surface area contributed by atoms with Gasteiger partial charge in [-0.2, -0.15) is 0 Å². The number of para-hydroxylation sites is 2.